The predicted molar refractivity (Wildman–Crippen MR) is 138 cm³/mol. The number of carboxylic acids is 1. The lowest BCUT2D eigenvalue weighted by Crippen LogP contribution is -2.54. The van der Waals surface area contributed by atoms with E-state index in [9.17, 15) is 14.7 Å². The smallest absolute Gasteiger partial charge is 0.329 e. The molecule has 1 aliphatic heterocycles. The van der Waals surface area contributed by atoms with E-state index in [4.69, 9.17) is 0 Å². The number of carbonyl (C=O) groups excluding carboxylic acids is 1. The van der Waals surface area contributed by atoms with Crippen LogP contribution in [-0.4, -0.2) is 41.8 Å². The Morgan fingerprint density at radius 2 is 1.91 bits per heavy atom. The highest BCUT2D eigenvalue weighted by Crippen LogP contribution is 2.54. The minimum atomic E-state index is -1.39. The summed E-state index contributed by atoms with van der Waals surface area (Å²) >= 11 is 2.72. The van der Waals surface area contributed by atoms with Crippen LogP contribution in [0.15, 0.2) is 35.8 Å². The number of amides is 1. The number of benzene rings is 1. The Kier molecular flexibility index (Phi) is 6.85. The molecule has 4 rings (SSSR count). The van der Waals surface area contributed by atoms with Gasteiger partial charge in [0, 0.05) is 17.1 Å². The maximum Gasteiger partial charge on any atom is 0.329 e. The molecule has 0 aliphatic carbocycles. The summed E-state index contributed by atoms with van der Waals surface area (Å²) in [7, 11) is 0. The monoisotopic (exact) mass is 512 g/mol. The average Bonchev–Trinajstić information content (AvgIpc) is 3.51. The SMILES string of the molecule is Cc1nc([C@H]2C[C@@](CC(C)C)(C(=O)O)N(C(=O)c3ccc(C(C)(C)C)cc3)[C@H]2c2nccs2)ns1. The van der Waals surface area contributed by atoms with Gasteiger partial charge in [-0.2, -0.15) is 4.37 Å². The highest BCUT2D eigenvalue weighted by atomic mass is 32.1. The van der Waals surface area contributed by atoms with Gasteiger partial charge in [-0.1, -0.05) is 46.8 Å². The van der Waals surface area contributed by atoms with E-state index in [1.54, 1.807) is 11.1 Å². The van der Waals surface area contributed by atoms with Crippen LogP contribution in [0.25, 0.3) is 0 Å². The molecule has 3 heterocycles. The standard InChI is InChI=1S/C26H32N4O3S2/c1-15(2)13-26(24(32)33)14-19(21-28-16(3)35-29-21)20(22-27-11-12-34-22)30(26)23(31)17-7-9-18(10-8-17)25(4,5)6/h7-12,15,19-20H,13-14H2,1-6H3,(H,32,33)/t19-,20+,26-/m0/s1. The molecular weight excluding hydrogens is 480 g/mol. The summed E-state index contributed by atoms with van der Waals surface area (Å²) in [6.45, 7) is 12.2. The fraction of sp³-hybridized carbons (Fsp3) is 0.500. The second-order valence-corrected chi connectivity index (χ2v) is 12.6. The van der Waals surface area contributed by atoms with Crippen molar-refractivity contribution in [1.82, 2.24) is 19.2 Å². The van der Waals surface area contributed by atoms with Crippen LogP contribution >= 0.6 is 22.9 Å². The van der Waals surface area contributed by atoms with Gasteiger partial charge in [-0.3, -0.25) is 4.79 Å². The normalized spacial score (nSPS) is 22.7. The number of thiazole rings is 1. The van der Waals surface area contributed by atoms with Gasteiger partial charge >= 0.3 is 5.97 Å². The van der Waals surface area contributed by atoms with Crippen molar-refractivity contribution in [3.63, 3.8) is 0 Å². The molecule has 9 heteroatoms. The van der Waals surface area contributed by atoms with Gasteiger partial charge in [0.15, 0.2) is 0 Å². The van der Waals surface area contributed by atoms with E-state index in [0.717, 1.165) is 10.6 Å². The summed E-state index contributed by atoms with van der Waals surface area (Å²) in [6, 6.07) is 6.96. The predicted octanol–water partition coefficient (Wildman–Crippen LogP) is 5.84. The quantitative estimate of drug-likeness (QED) is 0.446. The minimum Gasteiger partial charge on any atom is -0.479 e. The first-order valence-electron chi connectivity index (χ1n) is 11.8. The van der Waals surface area contributed by atoms with E-state index < -0.39 is 17.6 Å². The largest absolute Gasteiger partial charge is 0.479 e. The second kappa shape index (κ2) is 9.43. The molecule has 3 aromatic rings. The highest BCUT2D eigenvalue weighted by Gasteiger charge is 2.60. The van der Waals surface area contributed by atoms with Crippen molar-refractivity contribution < 1.29 is 14.7 Å². The summed E-state index contributed by atoms with van der Waals surface area (Å²) < 4.78 is 4.54. The summed E-state index contributed by atoms with van der Waals surface area (Å²) in [5.74, 6) is -1.02. The maximum absolute atomic E-state index is 14.2. The molecule has 0 spiro atoms. The molecule has 1 N–H and O–H groups in total. The first kappa shape index (κ1) is 25.4. The topological polar surface area (TPSA) is 96.3 Å². The Bertz CT molecular complexity index is 1200. The number of aromatic nitrogens is 3. The fourth-order valence-corrected chi connectivity index (χ4v) is 6.42. The van der Waals surface area contributed by atoms with E-state index in [1.807, 2.05) is 50.4 Å². The van der Waals surface area contributed by atoms with Crippen molar-refractivity contribution in [2.24, 2.45) is 5.92 Å². The molecule has 1 aliphatic rings. The molecule has 186 valence electrons. The van der Waals surface area contributed by atoms with Crippen molar-refractivity contribution >= 4 is 34.7 Å². The summed E-state index contributed by atoms with van der Waals surface area (Å²) in [5, 5.41) is 14.0. The van der Waals surface area contributed by atoms with Crippen molar-refractivity contribution in [3.05, 3.63) is 62.8 Å². The highest BCUT2D eigenvalue weighted by molar-refractivity contribution is 7.09. The van der Waals surface area contributed by atoms with Gasteiger partial charge in [0.2, 0.25) is 0 Å². The zero-order valence-corrected chi connectivity index (χ0v) is 22.6. The summed E-state index contributed by atoms with van der Waals surface area (Å²) in [4.78, 5) is 38.0. The Morgan fingerprint density at radius 3 is 2.40 bits per heavy atom. The van der Waals surface area contributed by atoms with Gasteiger partial charge in [-0.25, -0.2) is 14.8 Å². The Balaban J connectivity index is 1.89. The lowest BCUT2D eigenvalue weighted by Gasteiger charge is -2.38. The van der Waals surface area contributed by atoms with Crippen LogP contribution in [-0.2, 0) is 10.2 Å². The number of carbonyl (C=O) groups is 2. The Morgan fingerprint density at radius 1 is 1.23 bits per heavy atom. The van der Waals surface area contributed by atoms with Gasteiger partial charge in [0.05, 0.1) is 12.0 Å². The van der Waals surface area contributed by atoms with Crippen LogP contribution in [0.3, 0.4) is 0 Å². The van der Waals surface area contributed by atoms with Crippen molar-refractivity contribution in [2.45, 2.75) is 77.3 Å². The van der Waals surface area contributed by atoms with Gasteiger partial charge in [-0.15, -0.1) is 11.3 Å². The molecule has 3 atom stereocenters. The molecule has 1 amide bonds. The number of aliphatic carboxylic acids is 1. The first-order chi connectivity index (χ1) is 16.4. The number of hydrogen-bond donors (Lipinski definition) is 1. The van der Waals surface area contributed by atoms with Crippen LogP contribution in [0.1, 0.15) is 91.2 Å². The lowest BCUT2D eigenvalue weighted by molar-refractivity contribution is -0.150. The summed E-state index contributed by atoms with van der Waals surface area (Å²) in [5.41, 5.74) is 0.129. The van der Waals surface area contributed by atoms with E-state index in [2.05, 4.69) is 35.1 Å². The van der Waals surface area contributed by atoms with Gasteiger partial charge in [0.25, 0.3) is 5.91 Å². The number of hydrogen-bond acceptors (Lipinski definition) is 7. The molecule has 0 radical (unpaired) electrons. The van der Waals surface area contributed by atoms with Gasteiger partial charge in [-0.05, 0) is 60.3 Å². The molecule has 35 heavy (non-hydrogen) atoms. The third-order valence-electron chi connectivity index (χ3n) is 6.62. The molecule has 2 aromatic heterocycles. The Hall–Kier alpha value is -2.65. The van der Waals surface area contributed by atoms with E-state index in [1.165, 1.54) is 22.9 Å². The number of aryl methyl sites for hydroxylation is 1. The number of nitrogens with zero attached hydrogens (tertiary/aromatic N) is 4. The van der Waals surface area contributed by atoms with Crippen molar-refractivity contribution in [2.75, 3.05) is 0 Å². The third-order valence-corrected chi connectivity index (χ3v) is 8.10. The molecule has 0 unspecified atom stereocenters. The second-order valence-electron chi connectivity index (χ2n) is 10.7. The van der Waals surface area contributed by atoms with E-state index >= 15 is 0 Å². The zero-order chi connectivity index (χ0) is 25.5. The third kappa shape index (κ3) is 4.76. The molecule has 7 nitrogen and oxygen atoms in total. The van der Waals surface area contributed by atoms with Gasteiger partial charge in [0.1, 0.15) is 21.4 Å². The molecule has 1 saturated heterocycles. The van der Waals surface area contributed by atoms with Crippen LogP contribution in [0.2, 0.25) is 0 Å². The van der Waals surface area contributed by atoms with Crippen molar-refractivity contribution in [1.29, 1.82) is 0 Å². The van der Waals surface area contributed by atoms with Crippen LogP contribution in [0.5, 0.6) is 0 Å². The Labute approximate surface area is 214 Å². The molecule has 0 saturated carbocycles. The molecule has 0 bridgehead atoms. The van der Waals surface area contributed by atoms with E-state index in [0.29, 0.717) is 22.8 Å². The van der Waals surface area contributed by atoms with Gasteiger partial charge < -0.3 is 10.0 Å². The maximum atomic E-state index is 14.2. The van der Waals surface area contributed by atoms with Crippen LogP contribution in [0, 0.1) is 12.8 Å². The fourth-order valence-electron chi connectivity index (χ4n) is 5.09. The molecule has 1 aromatic carbocycles. The number of likely N-dealkylation sites (tertiary alicyclic amines) is 1. The summed E-state index contributed by atoms with van der Waals surface area (Å²) in [6.07, 6.45) is 2.27. The molecule has 1 fully saturated rings. The average molecular weight is 513 g/mol. The minimum absolute atomic E-state index is 0.0552. The zero-order valence-electron chi connectivity index (χ0n) is 21.0. The first-order valence-corrected chi connectivity index (χ1v) is 13.5. The van der Waals surface area contributed by atoms with Crippen LogP contribution < -0.4 is 0 Å². The number of carboxylic acid groups (broad SMARTS) is 1. The van der Waals surface area contributed by atoms with Crippen molar-refractivity contribution in [3.8, 4) is 0 Å². The van der Waals surface area contributed by atoms with Crippen LogP contribution in [0.4, 0.5) is 0 Å². The number of rotatable bonds is 6. The lowest BCUT2D eigenvalue weighted by atomic mass is 9.83. The molecular formula is C26H32N4O3S2. The van der Waals surface area contributed by atoms with E-state index in [-0.39, 0.29) is 29.6 Å².